The zero-order chi connectivity index (χ0) is 19.8. The first-order valence-corrected chi connectivity index (χ1v) is 8.45. The predicted octanol–water partition coefficient (Wildman–Crippen LogP) is 2.76. The zero-order valence-corrected chi connectivity index (χ0v) is 15.1. The van der Waals surface area contributed by atoms with Crippen LogP contribution in [0.2, 0.25) is 0 Å². The van der Waals surface area contributed by atoms with Gasteiger partial charge in [0.25, 0.3) is 11.8 Å². The van der Waals surface area contributed by atoms with Crippen LogP contribution in [-0.2, 0) is 14.3 Å². The molecule has 0 aliphatic carbocycles. The van der Waals surface area contributed by atoms with Gasteiger partial charge in [-0.25, -0.2) is 9.18 Å². The lowest BCUT2D eigenvalue weighted by molar-refractivity contribution is -0.150. The van der Waals surface area contributed by atoms with Crippen LogP contribution < -0.4 is 10.6 Å². The van der Waals surface area contributed by atoms with Crippen molar-refractivity contribution in [1.29, 1.82) is 0 Å². The molecule has 7 heteroatoms. The molecule has 1 atom stereocenters. The molecule has 2 aromatic carbocycles. The number of hydrogen-bond donors (Lipinski definition) is 2. The van der Waals surface area contributed by atoms with E-state index in [9.17, 15) is 18.8 Å². The Labute approximate surface area is 156 Å². The SMILES string of the molecule is CC(C)[C@H](NC(=O)c1ccc(F)cc1)C(=O)OCC(=O)Nc1ccccc1. The Hall–Kier alpha value is -3.22. The fourth-order valence-electron chi connectivity index (χ4n) is 2.27. The van der Waals surface area contributed by atoms with Crippen molar-refractivity contribution in [3.8, 4) is 0 Å². The summed E-state index contributed by atoms with van der Waals surface area (Å²) >= 11 is 0. The van der Waals surface area contributed by atoms with Gasteiger partial charge in [0, 0.05) is 11.3 Å². The number of amides is 2. The fourth-order valence-corrected chi connectivity index (χ4v) is 2.27. The molecular weight excluding hydrogens is 351 g/mol. The highest BCUT2D eigenvalue weighted by Crippen LogP contribution is 2.09. The van der Waals surface area contributed by atoms with E-state index in [-0.39, 0.29) is 11.5 Å². The van der Waals surface area contributed by atoms with Crippen LogP contribution in [-0.4, -0.2) is 30.4 Å². The summed E-state index contributed by atoms with van der Waals surface area (Å²) in [7, 11) is 0. The zero-order valence-electron chi connectivity index (χ0n) is 15.1. The van der Waals surface area contributed by atoms with E-state index in [4.69, 9.17) is 4.74 Å². The number of carbonyl (C=O) groups is 3. The Morgan fingerprint density at radius 3 is 2.22 bits per heavy atom. The standard InChI is InChI=1S/C20H21FN2O4/c1-13(2)18(23-19(25)14-8-10-15(21)11-9-14)20(26)27-12-17(24)22-16-6-4-3-5-7-16/h3-11,13,18H,12H2,1-2H3,(H,22,24)(H,23,25)/t18-/m0/s1. The number of benzene rings is 2. The molecule has 2 N–H and O–H groups in total. The van der Waals surface area contributed by atoms with Crippen LogP contribution in [0.4, 0.5) is 10.1 Å². The monoisotopic (exact) mass is 372 g/mol. The summed E-state index contributed by atoms with van der Waals surface area (Å²) < 4.78 is 18.0. The normalized spacial score (nSPS) is 11.6. The van der Waals surface area contributed by atoms with Crippen molar-refractivity contribution in [2.24, 2.45) is 5.92 Å². The number of para-hydroxylation sites is 1. The Morgan fingerprint density at radius 2 is 1.63 bits per heavy atom. The number of ether oxygens (including phenoxy) is 1. The third kappa shape index (κ3) is 6.22. The van der Waals surface area contributed by atoms with Crippen LogP contribution in [0, 0.1) is 11.7 Å². The summed E-state index contributed by atoms with van der Waals surface area (Å²) in [6.07, 6.45) is 0. The lowest BCUT2D eigenvalue weighted by Gasteiger charge is -2.20. The molecule has 0 heterocycles. The first kappa shape index (κ1) is 20.1. The molecule has 0 aromatic heterocycles. The van der Waals surface area contributed by atoms with Crippen molar-refractivity contribution in [3.63, 3.8) is 0 Å². The lowest BCUT2D eigenvalue weighted by atomic mass is 10.0. The Kier molecular flexibility index (Phi) is 7.05. The number of hydrogen-bond acceptors (Lipinski definition) is 4. The molecule has 0 bridgehead atoms. The largest absolute Gasteiger partial charge is 0.454 e. The highest BCUT2D eigenvalue weighted by atomic mass is 19.1. The second-order valence-electron chi connectivity index (χ2n) is 6.22. The third-order valence-corrected chi connectivity index (χ3v) is 3.72. The molecule has 0 aliphatic heterocycles. The van der Waals surface area contributed by atoms with Gasteiger partial charge in [0.2, 0.25) is 0 Å². The summed E-state index contributed by atoms with van der Waals surface area (Å²) in [5.74, 6) is -2.46. The van der Waals surface area contributed by atoms with Crippen LogP contribution in [0.3, 0.4) is 0 Å². The predicted molar refractivity (Wildman–Crippen MR) is 98.5 cm³/mol. The Bertz CT molecular complexity index is 791. The van der Waals surface area contributed by atoms with Crippen LogP contribution in [0.1, 0.15) is 24.2 Å². The van der Waals surface area contributed by atoms with Gasteiger partial charge >= 0.3 is 5.97 Å². The molecule has 0 saturated carbocycles. The quantitative estimate of drug-likeness (QED) is 0.732. The van der Waals surface area contributed by atoms with E-state index in [1.807, 2.05) is 6.07 Å². The molecule has 0 radical (unpaired) electrons. The van der Waals surface area contributed by atoms with Gasteiger partial charge in [-0.05, 0) is 42.3 Å². The van der Waals surface area contributed by atoms with E-state index < -0.39 is 36.2 Å². The van der Waals surface area contributed by atoms with Crippen molar-refractivity contribution in [2.45, 2.75) is 19.9 Å². The molecule has 0 aliphatic rings. The van der Waals surface area contributed by atoms with Gasteiger partial charge < -0.3 is 15.4 Å². The fraction of sp³-hybridized carbons (Fsp3) is 0.250. The topological polar surface area (TPSA) is 84.5 Å². The molecule has 2 aromatic rings. The molecule has 6 nitrogen and oxygen atoms in total. The smallest absolute Gasteiger partial charge is 0.329 e. The average molecular weight is 372 g/mol. The van der Waals surface area contributed by atoms with Gasteiger partial charge in [-0.15, -0.1) is 0 Å². The van der Waals surface area contributed by atoms with Crippen LogP contribution in [0.5, 0.6) is 0 Å². The maximum absolute atomic E-state index is 13.0. The van der Waals surface area contributed by atoms with Crippen molar-refractivity contribution < 1.29 is 23.5 Å². The van der Waals surface area contributed by atoms with E-state index in [1.54, 1.807) is 38.1 Å². The maximum Gasteiger partial charge on any atom is 0.329 e. The lowest BCUT2D eigenvalue weighted by Crippen LogP contribution is -2.45. The molecule has 2 amide bonds. The molecule has 0 saturated heterocycles. The van der Waals surface area contributed by atoms with Crippen molar-refractivity contribution in [3.05, 3.63) is 66.0 Å². The Balaban J connectivity index is 1.91. The van der Waals surface area contributed by atoms with Gasteiger partial charge in [-0.1, -0.05) is 32.0 Å². The number of anilines is 1. The molecule has 0 unspecified atom stereocenters. The van der Waals surface area contributed by atoms with Crippen molar-refractivity contribution in [2.75, 3.05) is 11.9 Å². The van der Waals surface area contributed by atoms with Crippen molar-refractivity contribution >= 4 is 23.5 Å². The van der Waals surface area contributed by atoms with Crippen molar-refractivity contribution in [1.82, 2.24) is 5.32 Å². The molecule has 0 spiro atoms. The summed E-state index contributed by atoms with van der Waals surface area (Å²) in [6.45, 7) is 3.01. The van der Waals surface area contributed by atoms with E-state index in [0.29, 0.717) is 5.69 Å². The molecule has 142 valence electrons. The summed E-state index contributed by atoms with van der Waals surface area (Å²) in [4.78, 5) is 36.4. The minimum atomic E-state index is -0.938. The van der Waals surface area contributed by atoms with Crippen LogP contribution in [0.15, 0.2) is 54.6 Å². The van der Waals surface area contributed by atoms with Gasteiger partial charge in [0.15, 0.2) is 6.61 Å². The average Bonchev–Trinajstić information content (AvgIpc) is 2.65. The minimum Gasteiger partial charge on any atom is -0.454 e. The second kappa shape index (κ2) is 9.47. The number of halogens is 1. The van der Waals surface area contributed by atoms with Crippen LogP contribution >= 0.6 is 0 Å². The van der Waals surface area contributed by atoms with E-state index >= 15 is 0 Å². The number of carbonyl (C=O) groups excluding carboxylic acids is 3. The number of esters is 1. The third-order valence-electron chi connectivity index (χ3n) is 3.72. The molecule has 27 heavy (non-hydrogen) atoms. The van der Waals surface area contributed by atoms with E-state index in [1.165, 1.54) is 12.1 Å². The summed E-state index contributed by atoms with van der Waals surface area (Å²) in [5.41, 5.74) is 0.806. The van der Waals surface area contributed by atoms with Gasteiger partial charge in [-0.2, -0.15) is 0 Å². The van der Waals surface area contributed by atoms with E-state index in [2.05, 4.69) is 10.6 Å². The van der Waals surface area contributed by atoms with Gasteiger partial charge in [0.05, 0.1) is 0 Å². The van der Waals surface area contributed by atoms with Gasteiger partial charge in [0.1, 0.15) is 11.9 Å². The first-order valence-electron chi connectivity index (χ1n) is 8.45. The second-order valence-corrected chi connectivity index (χ2v) is 6.22. The summed E-state index contributed by atoms with van der Waals surface area (Å²) in [5, 5.41) is 5.16. The number of rotatable bonds is 7. The molecule has 2 rings (SSSR count). The Morgan fingerprint density at radius 1 is 1.00 bits per heavy atom. The highest BCUT2D eigenvalue weighted by molar-refractivity contribution is 5.97. The molecule has 0 fully saturated rings. The number of nitrogens with one attached hydrogen (secondary N) is 2. The first-order chi connectivity index (χ1) is 12.9. The summed E-state index contributed by atoms with van der Waals surface area (Å²) in [6, 6.07) is 12.8. The van der Waals surface area contributed by atoms with Gasteiger partial charge in [-0.3, -0.25) is 9.59 Å². The highest BCUT2D eigenvalue weighted by Gasteiger charge is 2.26. The minimum absolute atomic E-state index is 0.219. The van der Waals surface area contributed by atoms with Crippen LogP contribution in [0.25, 0.3) is 0 Å². The maximum atomic E-state index is 13.0. The molecular formula is C20H21FN2O4. The van der Waals surface area contributed by atoms with E-state index in [0.717, 1.165) is 12.1 Å².